The van der Waals surface area contributed by atoms with Crippen molar-refractivity contribution in [1.82, 2.24) is 4.98 Å². The van der Waals surface area contributed by atoms with Crippen molar-refractivity contribution >= 4 is 28.7 Å². The van der Waals surface area contributed by atoms with Gasteiger partial charge in [0.2, 0.25) is 5.91 Å². The number of thiazole rings is 1. The largest absolute Gasteiger partial charge is 0.497 e. The van der Waals surface area contributed by atoms with Gasteiger partial charge >= 0.3 is 0 Å². The number of anilines is 1. The third kappa shape index (κ3) is 5.54. The van der Waals surface area contributed by atoms with Crippen LogP contribution in [-0.4, -0.2) is 23.8 Å². The van der Waals surface area contributed by atoms with Crippen molar-refractivity contribution in [2.24, 2.45) is 0 Å². The van der Waals surface area contributed by atoms with Crippen LogP contribution >= 0.6 is 11.3 Å². The Bertz CT molecular complexity index is 1260. The normalized spacial score (nSPS) is 10.6. The van der Waals surface area contributed by atoms with E-state index in [1.165, 1.54) is 5.56 Å². The average Bonchev–Trinajstić information content (AvgIpc) is 3.33. The smallest absolute Gasteiger partial charge is 0.224 e. The van der Waals surface area contributed by atoms with Crippen molar-refractivity contribution in [2.45, 2.75) is 19.8 Å². The average molecular weight is 457 g/mol. The lowest BCUT2D eigenvalue weighted by Crippen LogP contribution is -2.13. The van der Waals surface area contributed by atoms with Gasteiger partial charge < -0.3 is 10.1 Å². The van der Waals surface area contributed by atoms with Crippen LogP contribution in [-0.2, 0) is 4.79 Å². The molecular formula is C27H24N2O3S. The van der Waals surface area contributed by atoms with E-state index in [-0.39, 0.29) is 24.5 Å². The number of Topliss-reactive ketones (excluding diaryl/α,β-unsaturated/α-hetero) is 1. The maximum Gasteiger partial charge on any atom is 0.224 e. The molecule has 3 aromatic carbocycles. The van der Waals surface area contributed by atoms with E-state index in [4.69, 9.17) is 9.72 Å². The molecule has 0 bridgehead atoms. The van der Waals surface area contributed by atoms with E-state index in [0.29, 0.717) is 17.0 Å². The van der Waals surface area contributed by atoms with E-state index in [9.17, 15) is 9.59 Å². The zero-order valence-electron chi connectivity index (χ0n) is 18.5. The molecule has 0 spiro atoms. The van der Waals surface area contributed by atoms with Gasteiger partial charge in [-0.1, -0.05) is 36.4 Å². The van der Waals surface area contributed by atoms with Crippen LogP contribution in [0.25, 0.3) is 21.8 Å². The van der Waals surface area contributed by atoms with Crippen LogP contribution in [0.5, 0.6) is 5.75 Å². The van der Waals surface area contributed by atoms with Crippen LogP contribution in [0.15, 0.2) is 78.2 Å². The molecule has 5 nitrogen and oxygen atoms in total. The number of nitrogens with zero attached hydrogens (tertiary/aromatic N) is 1. The fourth-order valence-electron chi connectivity index (χ4n) is 3.44. The fourth-order valence-corrected chi connectivity index (χ4v) is 4.36. The third-order valence-corrected chi connectivity index (χ3v) is 6.21. The number of aryl methyl sites for hydroxylation is 1. The second-order valence-corrected chi connectivity index (χ2v) is 8.49. The molecule has 0 aliphatic rings. The molecule has 0 fully saturated rings. The van der Waals surface area contributed by atoms with Gasteiger partial charge in [-0.25, -0.2) is 4.98 Å². The molecule has 0 atom stereocenters. The van der Waals surface area contributed by atoms with E-state index in [0.717, 1.165) is 21.8 Å². The minimum atomic E-state index is -0.194. The zero-order valence-corrected chi connectivity index (χ0v) is 19.3. The summed E-state index contributed by atoms with van der Waals surface area (Å²) < 4.78 is 5.10. The fraction of sp³-hybridized carbons (Fsp3) is 0.148. The van der Waals surface area contributed by atoms with Gasteiger partial charge in [0.15, 0.2) is 5.78 Å². The van der Waals surface area contributed by atoms with Crippen molar-refractivity contribution in [3.8, 4) is 27.6 Å². The maximum absolute atomic E-state index is 12.3. The second kappa shape index (κ2) is 10.2. The first-order valence-electron chi connectivity index (χ1n) is 10.6. The van der Waals surface area contributed by atoms with Crippen LogP contribution in [0, 0.1) is 6.92 Å². The number of aromatic nitrogens is 1. The van der Waals surface area contributed by atoms with Gasteiger partial charge in [0.1, 0.15) is 10.8 Å². The number of benzene rings is 3. The first-order valence-corrected chi connectivity index (χ1v) is 11.5. The molecule has 0 aliphatic carbocycles. The van der Waals surface area contributed by atoms with Gasteiger partial charge in [-0.3, -0.25) is 9.59 Å². The summed E-state index contributed by atoms with van der Waals surface area (Å²) in [7, 11) is 1.58. The molecule has 0 saturated heterocycles. The minimum absolute atomic E-state index is 0.0730. The Morgan fingerprint density at radius 3 is 2.36 bits per heavy atom. The summed E-state index contributed by atoms with van der Waals surface area (Å²) >= 11 is 1.62. The molecule has 1 amide bonds. The Hall–Kier alpha value is -3.77. The quantitative estimate of drug-likeness (QED) is 0.312. The summed E-state index contributed by atoms with van der Waals surface area (Å²) in [4.78, 5) is 29.4. The van der Waals surface area contributed by atoms with Gasteiger partial charge in [0.05, 0.1) is 12.8 Å². The number of carbonyl (C=O) groups excluding carboxylic acids is 2. The minimum Gasteiger partial charge on any atom is -0.497 e. The van der Waals surface area contributed by atoms with Crippen LogP contribution in [0.2, 0.25) is 0 Å². The summed E-state index contributed by atoms with van der Waals surface area (Å²) in [6, 6.07) is 22.7. The maximum atomic E-state index is 12.3. The van der Waals surface area contributed by atoms with Gasteiger partial charge in [-0.05, 0) is 48.9 Å². The molecule has 4 aromatic rings. The predicted octanol–water partition coefficient (Wildman–Crippen LogP) is 6.40. The Morgan fingerprint density at radius 1 is 0.939 bits per heavy atom. The first kappa shape index (κ1) is 22.4. The second-order valence-electron chi connectivity index (χ2n) is 7.63. The molecule has 1 aromatic heterocycles. The number of hydrogen-bond donors (Lipinski definition) is 1. The highest BCUT2D eigenvalue weighted by molar-refractivity contribution is 7.13. The Morgan fingerprint density at radius 2 is 1.67 bits per heavy atom. The van der Waals surface area contributed by atoms with E-state index < -0.39 is 0 Å². The number of ether oxygens (including phenoxy) is 1. The monoisotopic (exact) mass is 456 g/mol. The predicted molar refractivity (Wildman–Crippen MR) is 133 cm³/mol. The van der Waals surface area contributed by atoms with E-state index in [2.05, 4.69) is 24.4 Å². The van der Waals surface area contributed by atoms with Gasteiger partial charge in [-0.2, -0.15) is 0 Å². The summed E-state index contributed by atoms with van der Waals surface area (Å²) in [5.74, 6) is 0.424. The van der Waals surface area contributed by atoms with Crippen LogP contribution in [0.1, 0.15) is 28.8 Å². The number of nitrogens with one attached hydrogen (secondary N) is 1. The molecule has 0 unspecified atom stereocenters. The molecule has 1 heterocycles. The number of methoxy groups -OCH3 is 1. The van der Waals surface area contributed by atoms with Crippen molar-refractivity contribution in [3.63, 3.8) is 0 Å². The third-order valence-electron chi connectivity index (χ3n) is 5.34. The van der Waals surface area contributed by atoms with E-state index in [1.807, 2.05) is 41.8 Å². The molecule has 0 radical (unpaired) electrons. The van der Waals surface area contributed by atoms with E-state index in [1.54, 1.807) is 42.7 Å². The Balaban J connectivity index is 1.33. The van der Waals surface area contributed by atoms with Gasteiger partial charge in [0, 0.05) is 40.6 Å². The zero-order chi connectivity index (χ0) is 23.2. The number of ketones is 1. The number of amides is 1. The highest BCUT2D eigenvalue weighted by atomic mass is 32.1. The summed E-state index contributed by atoms with van der Waals surface area (Å²) in [6.07, 6.45) is 0.273. The summed E-state index contributed by atoms with van der Waals surface area (Å²) in [6.45, 7) is 2.08. The van der Waals surface area contributed by atoms with Crippen LogP contribution < -0.4 is 10.1 Å². The van der Waals surface area contributed by atoms with Gasteiger partial charge in [0.25, 0.3) is 0 Å². The molecule has 4 rings (SSSR count). The first-order chi connectivity index (χ1) is 16.0. The van der Waals surface area contributed by atoms with E-state index >= 15 is 0 Å². The lowest BCUT2D eigenvalue weighted by atomic mass is 10.1. The lowest BCUT2D eigenvalue weighted by molar-refractivity contribution is -0.116. The van der Waals surface area contributed by atoms with Crippen molar-refractivity contribution in [2.75, 3.05) is 12.4 Å². The molecule has 0 aliphatic heterocycles. The molecule has 33 heavy (non-hydrogen) atoms. The lowest BCUT2D eigenvalue weighted by Gasteiger charge is -2.06. The Labute approximate surface area is 197 Å². The highest BCUT2D eigenvalue weighted by Crippen LogP contribution is 2.31. The van der Waals surface area contributed by atoms with Gasteiger partial charge in [-0.15, -0.1) is 11.3 Å². The summed E-state index contributed by atoms with van der Waals surface area (Å²) in [5, 5.41) is 5.89. The topological polar surface area (TPSA) is 68.3 Å². The SMILES string of the molecule is COc1ccc(C(=O)CCC(=O)Nc2ccc(-c3csc(-c4ccccc4C)n3)cc2)cc1. The van der Waals surface area contributed by atoms with Crippen molar-refractivity contribution in [3.05, 3.63) is 89.3 Å². The molecule has 1 N–H and O–H groups in total. The Kier molecular flexibility index (Phi) is 6.95. The molecule has 0 saturated carbocycles. The van der Waals surface area contributed by atoms with Crippen LogP contribution in [0.4, 0.5) is 5.69 Å². The highest BCUT2D eigenvalue weighted by Gasteiger charge is 2.11. The van der Waals surface area contributed by atoms with Crippen molar-refractivity contribution in [1.29, 1.82) is 0 Å². The number of rotatable bonds is 8. The molecule has 6 heteroatoms. The standard InChI is InChI=1S/C27H24N2O3S/c1-18-5-3-4-6-23(18)27-29-24(17-33-27)19-7-11-21(12-8-19)28-26(31)16-15-25(30)20-9-13-22(32-2)14-10-20/h3-14,17H,15-16H2,1-2H3,(H,28,31). The number of hydrogen-bond acceptors (Lipinski definition) is 5. The van der Waals surface area contributed by atoms with Crippen molar-refractivity contribution < 1.29 is 14.3 Å². The molecule has 166 valence electrons. The number of carbonyl (C=O) groups is 2. The molecular weight excluding hydrogens is 432 g/mol. The van der Waals surface area contributed by atoms with Crippen LogP contribution in [0.3, 0.4) is 0 Å². The summed E-state index contributed by atoms with van der Waals surface area (Å²) in [5.41, 5.74) is 5.49.